The number of benzene rings is 1. The smallest absolute Gasteiger partial charge is 0.242 e. The number of carbonyl (C=O) groups is 1. The van der Waals surface area contributed by atoms with Gasteiger partial charge in [-0.15, -0.1) is 0 Å². The quantitative estimate of drug-likeness (QED) is 0.688. The van der Waals surface area contributed by atoms with Crippen LogP contribution in [-0.2, 0) is 4.79 Å². The molecule has 26 heavy (non-hydrogen) atoms. The van der Waals surface area contributed by atoms with Crippen LogP contribution in [0, 0.1) is 0 Å². The number of likely N-dealkylation sites (N-methyl/N-ethyl adjacent to an activating group) is 1. The molecule has 1 aliphatic heterocycles. The number of amides is 1. The Kier molecular flexibility index (Phi) is 8.16. The van der Waals surface area contributed by atoms with Crippen molar-refractivity contribution in [2.45, 2.75) is 25.8 Å². The van der Waals surface area contributed by atoms with Crippen molar-refractivity contribution in [2.24, 2.45) is 0 Å². The number of para-hydroxylation sites is 1. The van der Waals surface area contributed by atoms with Crippen molar-refractivity contribution in [1.82, 2.24) is 9.80 Å². The van der Waals surface area contributed by atoms with Crippen LogP contribution < -0.4 is 5.32 Å². The average Bonchev–Trinajstić information content (AvgIpc) is 3.19. The van der Waals surface area contributed by atoms with Gasteiger partial charge in [0, 0.05) is 19.3 Å². The van der Waals surface area contributed by atoms with E-state index in [-0.39, 0.29) is 11.9 Å². The molecular formula is C22H31N3O. The third kappa shape index (κ3) is 5.88. The molecular weight excluding hydrogens is 322 g/mol. The summed E-state index contributed by atoms with van der Waals surface area (Å²) in [6.07, 6.45) is 10.3. The number of nitrogens with one attached hydrogen (secondary N) is 1. The molecule has 1 saturated heterocycles. The summed E-state index contributed by atoms with van der Waals surface area (Å²) in [7, 11) is 1.90. The molecule has 4 nitrogen and oxygen atoms in total. The number of likely N-dealkylation sites (tertiary alicyclic amines) is 1. The Morgan fingerprint density at radius 1 is 1.31 bits per heavy atom. The Bertz CT molecular complexity index is 630. The fraction of sp³-hybridized carbons (Fsp3) is 0.409. The van der Waals surface area contributed by atoms with Crippen LogP contribution in [0.5, 0.6) is 0 Å². The largest absolute Gasteiger partial charge is 0.376 e. The molecule has 140 valence electrons. The number of allylic oxidation sites excluding steroid dienone is 3. The normalized spacial score (nSPS) is 16.6. The Labute approximate surface area is 157 Å². The first-order valence-electron chi connectivity index (χ1n) is 9.38. The van der Waals surface area contributed by atoms with Gasteiger partial charge in [-0.1, -0.05) is 49.1 Å². The molecule has 1 fully saturated rings. The first-order chi connectivity index (χ1) is 12.7. The van der Waals surface area contributed by atoms with Crippen molar-refractivity contribution in [3.63, 3.8) is 0 Å². The summed E-state index contributed by atoms with van der Waals surface area (Å²) in [6, 6.07) is 9.88. The van der Waals surface area contributed by atoms with E-state index in [1.54, 1.807) is 6.08 Å². The zero-order valence-electron chi connectivity index (χ0n) is 16.0. The predicted octanol–water partition coefficient (Wildman–Crippen LogP) is 3.71. The summed E-state index contributed by atoms with van der Waals surface area (Å²) in [6.45, 7) is 9.17. The number of hydrogen-bond donors (Lipinski definition) is 1. The van der Waals surface area contributed by atoms with Gasteiger partial charge < -0.3 is 15.1 Å². The molecule has 0 saturated carbocycles. The molecule has 0 aliphatic carbocycles. The molecule has 0 aromatic heterocycles. The van der Waals surface area contributed by atoms with Gasteiger partial charge in [0.05, 0.1) is 12.6 Å². The fourth-order valence-corrected chi connectivity index (χ4v) is 3.27. The summed E-state index contributed by atoms with van der Waals surface area (Å²) >= 11 is 0. The highest BCUT2D eigenvalue weighted by molar-refractivity contribution is 5.81. The van der Waals surface area contributed by atoms with E-state index in [2.05, 4.69) is 28.9 Å². The standard InChI is InChI=1S/C22H31N3O/c1-4-6-12-19(5-2)21(18-25-15-10-11-16-25)24(3)22(26)17-23-20-13-8-7-9-14-20/h4-9,12-14,21,23H,1,10-11,15-18H2,2-3H3/b12-6-,19-5+/t21-/m1/s1. The van der Waals surface area contributed by atoms with Crippen molar-refractivity contribution >= 4 is 11.6 Å². The fourth-order valence-electron chi connectivity index (χ4n) is 3.27. The summed E-state index contributed by atoms with van der Waals surface area (Å²) < 4.78 is 0. The van der Waals surface area contributed by atoms with Gasteiger partial charge in [0.2, 0.25) is 5.91 Å². The highest BCUT2D eigenvalue weighted by Gasteiger charge is 2.25. The Morgan fingerprint density at radius 3 is 2.62 bits per heavy atom. The molecule has 0 bridgehead atoms. The SMILES string of the molecule is C=C/C=C\C(=C/C)[C@@H](CN1CCCC1)N(C)C(=O)CNc1ccccc1. The minimum Gasteiger partial charge on any atom is -0.376 e. The maximum Gasteiger partial charge on any atom is 0.242 e. The maximum absolute atomic E-state index is 12.8. The van der Waals surface area contributed by atoms with E-state index >= 15 is 0 Å². The van der Waals surface area contributed by atoms with E-state index in [1.807, 2.05) is 55.3 Å². The van der Waals surface area contributed by atoms with Gasteiger partial charge in [-0.25, -0.2) is 0 Å². The van der Waals surface area contributed by atoms with Crippen molar-refractivity contribution < 1.29 is 4.79 Å². The summed E-state index contributed by atoms with van der Waals surface area (Å²) in [5.41, 5.74) is 2.11. The zero-order chi connectivity index (χ0) is 18.8. The van der Waals surface area contributed by atoms with Gasteiger partial charge >= 0.3 is 0 Å². The minimum atomic E-state index is 0.0411. The van der Waals surface area contributed by atoms with E-state index in [0.717, 1.165) is 30.9 Å². The molecule has 2 rings (SSSR count). The van der Waals surface area contributed by atoms with Gasteiger partial charge in [-0.3, -0.25) is 4.79 Å². The number of rotatable bonds is 9. The average molecular weight is 354 g/mol. The molecule has 0 spiro atoms. The molecule has 1 N–H and O–H groups in total. The van der Waals surface area contributed by atoms with Crippen LogP contribution in [0.1, 0.15) is 19.8 Å². The molecule has 1 atom stereocenters. The van der Waals surface area contributed by atoms with Crippen LogP contribution in [0.15, 0.2) is 66.8 Å². The van der Waals surface area contributed by atoms with Gasteiger partial charge in [0.1, 0.15) is 0 Å². The van der Waals surface area contributed by atoms with Gasteiger partial charge in [-0.05, 0) is 50.6 Å². The number of anilines is 1. The third-order valence-corrected chi connectivity index (χ3v) is 4.85. The minimum absolute atomic E-state index is 0.0411. The van der Waals surface area contributed by atoms with Crippen LogP contribution in [0.4, 0.5) is 5.69 Å². The first-order valence-corrected chi connectivity index (χ1v) is 9.38. The Hall–Kier alpha value is -2.33. The van der Waals surface area contributed by atoms with Gasteiger partial charge in [0.15, 0.2) is 0 Å². The zero-order valence-corrected chi connectivity index (χ0v) is 16.0. The van der Waals surface area contributed by atoms with Crippen molar-refractivity contribution in [3.05, 3.63) is 66.8 Å². The molecule has 1 heterocycles. The lowest BCUT2D eigenvalue weighted by molar-refractivity contribution is -0.129. The lowest BCUT2D eigenvalue weighted by atomic mass is 10.0. The van der Waals surface area contributed by atoms with E-state index in [1.165, 1.54) is 12.8 Å². The Balaban J connectivity index is 2.06. The van der Waals surface area contributed by atoms with Crippen LogP contribution in [0.25, 0.3) is 0 Å². The highest BCUT2D eigenvalue weighted by Crippen LogP contribution is 2.17. The van der Waals surface area contributed by atoms with Crippen LogP contribution in [0.3, 0.4) is 0 Å². The second-order valence-corrected chi connectivity index (χ2v) is 6.63. The van der Waals surface area contributed by atoms with Gasteiger partial charge in [0.25, 0.3) is 0 Å². The van der Waals surface area contributed by atoms with Crippen molar-refractivity contribution in [2.75, 3.05) is 38.5 Å². The topological polar surface area (TPSA) is 35.6 Å². The van der Waals surface area contributed by atoms with E-state index in [0.29, 0.717) is 6.54 Å². The second kappa shape index (κ2) is 10.6. The molecule has 1 aromatic rings. The highest BCUT2D eigenvalue weighted by atomic mass is 16.2. The van der Waals surface area contributed by atoms with Crippen LogP contribution >= 0.6 is 0 Å². The lowest BCUT2D eigenvalue weighted by Gasteiger charge is -2.33. The van der Waals surface area contributed by atoms with Crippen molar-refractivity contribution in [3.8, 4) is 0 Å². The van der Waals surface area contributed by atoms with Crippen LogP contribution in [0.2, 0.25) is 0 Å². The lowest BCUT2D eigenvalue weighted by Crippen LogP contribution is -2.47. The maximum atomic E-state index is 12.8. The predicted molar refractivity (Wildman–Crippen MR) is 110 cm³/mol. The van der Waals surface area contributed by atoms with E-state index in [9.17, 15) is 4.79 Å². The van der Waals surface area contributed by atoms with E-state index < -0.39 is 0 Å². The van der Waals surface area contributed by atoms with E-state index in [4.69, 9.17) is 0 Å². The summed E-state index contributed by atoms with van der Waals surface area (Å²) in [5, 5.41) is 3.22. The monoisotopic (exact) mass is 353 g/mol. The third-order valence-electron chi connectivity index (χ3n) is 4.85. The molecule has 1 amide bonds. The van der Waals surface area contributed by atoms with Gasteiger partial charge in [-0.2, -0.15) is 0 Å². The number of carbonyl (C=O) groups excluding carboxylic acids is 1. The molecule has 4 heteroatoms. The first kappa shape index (κ1) is 20.0. The summed E-state index contributed by atoms with van der Waals surface area (Å²) in [4.78, 5) is 17.1. The second-order valence-electron chi connectivity index (χ2n) is 6.63. The number of hydrogen-bond acceptors (Lipinski definition) is 3. The molecule has 1 aromatic carbocycles. The van der Waals surface area contributed by atoms with Crippen molar-refractivity contribution in [1.29, 1.82) is 0 Å². The summed E-state index contributed by atoms with van der Waals surface area (Å²) in [5.74, 6) is 0.0874. The molecule has 0 unspecified atom stereocenters. The Morgan fingerprint density at radius 2 is 2.00 bits per heavy atom. The molecule has 1 aliphatic rings. The van der Waals surface area contributed by atoms with Crippen LogP contribution in [-0.4, -0.2) is 55.0 Å². The number of nitrogens with zero attached hydrogens (tertiary/aromatic N) is 2. The molecule has 0 radical (unpaired) electrons.